The van der Waals surface area contributed by atoms with Crippen molar-refractivity contribution in [3.63, 3.8) is 0 Å². The molecule has 0 unspecified atom stereocenters. The van der Waals surface area contributed by atoms with Crippen molar-refractivity contribution in [1.29, 1.82) is 0 Å². The first-order valence-corrected chi connectivity index (χ1v) is 5.20. The molecule has 1 rings (SSSR count). The highest BCUT2D eigenvalue weighted by Gasteiger charge is 2.10. The predicted molar refractivity (Wildman–Crippen MR) is 64.7 cm³/mol. The van der Waals surface area contributed by atoms with Crippen molar-refractivity contribution < 1.29 is 19.0 Å². The summed E-state index contributed by atoms with van der Waals surface area (Å²) < 4.78 is 18.6. The molecule has 0 amide bonds. The van der Waals surface area contributed by atoms with Crippen LogP contribution in [0.3, 0.4) is 0 Å². The molecule has 1 aromatic carbocycles. The Hall–Kier alpha value is -1.69. The highest BCUT2D eigenvalue weighted by atomic mass is 32.1. The number of carbonyl (C=O) groups is 1. The second kappa shape index (κ2) is 5.58. The molecular weight excluding hydrogens is 245 g/mol. The number of thiocarbonyl (C=S) groups is 1. The van der Waals surface area contributed by atoms with Crippen LogP contribution in [0.5, 0.6) is 5.75 Å². The third-order valence-corrected chi connectivity index (χ3v) is 2.36. The molecule has 0 atom stereocenters. The maximum absolute atomic E-state index is 13.5. The first-order valence-electron chi connectivity index (χ1n) is 4.79. The zero-order valence-corrected chi connectivity index (χ0v) is 10.3. The molecule has 0 aliphatic heterocycles. The second-order valence-corrected chi connectivity index (χ2v) is 3.95. The molecule has 0 saturated carbocycles. The van der Waals surface area contributed by atoms with Crippen LogP contribution in [0.25, 0.3) is 0 Å². The Labute approximate surface area is 104 Å². The minimum Gasteiger partial charge on any atom is -0.481 e. The van der Waals surface area contributed by atoms with Gasteiger partial charge >= 0.3 is 5.97 Å². The number of nitrogens with zero attached hydrogens (tertiary/aromatic N) is 1. The van der Waals surface area contributed by atoms with Crippen LogP contribution in [0.4, 0.5) is 4.39 Å². The first-order chi connectivity index (χ1) is 7.90. The molecule has 0 saturated heterocycles. The third kappa shape index (κ3) is 3.99. The standard InChI is InChI=1S/C11H12FNO3S/c1-13(2)11(17)16-9-4-3-7(5-8(9)12)6-10(14)15/h3-5H,6H2,1-2H3,(H,14,15). The average Bonchev–Trinajstić information content (AvgIpc) is 2.20. The third-order valence-electron chi connectivity index (χ3n) is 1.91. The van der Waals surface area contributed by atoms with E-state index in [9.17, 15) is 9.18 Å². The van der Waals surface area contributed by atoms with Crippen molar-refractivity contribution in [1.82, 2.24) is 4.90 Å². The van der Waals surface area contributed by atoms with Gasteiger partial charge in [-0.2, -0.15) is 0 Å². The van der Waals surface area contributed by atoms with Crippen molar-refractivity contribution >= 4 is 23.4 Å². The maximum atomic E-state index is 13.5. The molecular formula is C11H12FNO3S. The average molecular weight is 257 g/mol. The topological polar surface area (TPSA) is 49.8 Å². The van der Waals surface area contributed by atoms with E-state index in [0.717, 1.165) is 6.07 Å². The SMILES string of the molecule is CN(C)C(=S)Oc1ccc(CC(=O)O)cc1F. The summed E-state index contributed by atoms with van der Waals surface area (Å²) in [4.78, 5) is 12.0. The minimum atomic E-state index is -1.01. The van der Waals surface area contributed by atoms with Crippen molar-refractivity contribution in [2.75, 3.05) is 14.1 Å². The lowest BCUT2D eigenvalue weighted by atomic mass is 10.1. The summed E-state index contributed by atoms with van der Waals surface area (Å²) in [5.41, 5.74) is 0.373. The van der Waals surface area contributed by atoms with E-state index >= 15 is 0 Å². The Bertz CT molecular complexity index is 448. The first kappa shape index (κ1) is 13.4. The number of benzene rings is 1. The van der Waals surface area contributed by atoms with Gasteiger partial charge in [0.25, 0.3) is 5.17 Å². The van der Waals surface area contributed by atoms with Crippen LogP contribution in [-0.2, 0) is 11.2 Å². The summed E-state index contributed by atoms with van der Waals surface area (Å²) in [6.07, 6.45) is -0.227. The van der Waals surface area contributed by atoms with Crippen molar-refractivity contribution in [2.45, 2.75) is 6.42 Å². The van der Waals surface area contributed by atoms with E-state index in [2.05, 4.69) is 0 Å². The van der Waals surface area contributed by atoms with Gasteiger partial charge in [-0.15, -0.1) is 0 Å². The largest absolute Gasteiger partial charge is 0.481 e. The van der Waals surface area contributed by atoms with Crippen LogP contribution in [-0.4, -0.2) is 35.2 Å². The van der Waals surface area contributed by atoms with E-state index in [0.29, 0.717) is 5.56 Å². The number of hydrogen-bond donors (Lipinski definition) is 1. The summed E-state index contributed by atoms with van der Waals surface area (Å²) >= 11 is 4.87. The van der Waals surface area contributed by atoms with Gasteiger partial charge in [0, 0.05) is 14.1 Å². The van der Waals surface area contributed by atoms with Gasteiger partial charge in [-0.25, -0.2) is 4.39 Å². The fourth-order valence-corrected chi connectivity index (χ4v) is 1.19. The molecule has 0 fully saturated rings. The zero-order chi connectivity index (χ0) is 13.0. The summed E-state index contributed by atoms with van der Waals surface area (Å²) in [6.45, 7) is 0. The number of hydrogen-bond acceptors (Lipinski definition) is 3. The Morgan fingerprint density at radius 1 is 1.53 bits per heavy atom. The lowest BCUT2D eigenvalue weighted by molar-refractivity contribution is -0.136. The monoisotopic (exact) mass is 257 g/mol. The lowest BCUT2D eigenvalue weighted by Gasteiger charge is -2.14. The minimum absolute atomic E-state index is 0.0159. The summed E-state index contributed by atoms with van der Waals surface area (Å²) in [5, 5.41) is 8.70. The Kier molecular flexibility index (Phi) is 4.39. The molecule has 0 heterocycles. The Morgan fingerprint density at radius 3 is 2.65 bits per heavy atom. The van der Waals surface area contributed by atoms with Gasteiger partial charge in [0.15, 0.2) is 11.6 Å². The molecule has 4 nitrogen and oxygen atoms in total. The molecule has 0 aromatic heterocycles. The lowest BCUT2D eigenvalue weighted by Crippen LogP contribution is -2.25. The molecule has 0 radical (unpaired) electrons. The molecule has 1 N–H and O–H groups in total. The molecule has 92 valence electrons. The van der Waals surface area contributed by atoms with E-state index < -0.39 is 11.8 Å². The van der Waals surface area contributed by atoms with E-state index in [-0.39, 0.29) is 17.3 Å². The number of ether oxygens (including phenoxy) is 1. The summed E-state index contributed by atoms with van der Waals surface area (Å²) in [6, 6.07) is 3.98. The van der Waals surface area contributed by atoms with Crippen LogP contribution < -0.4 is 4.74 Å². The van der Waals surface area contributed by atoms with Crippen LogP contribution >= 0.6 is 12.2 Å². The Balaban J connectivity index is 2.83. The van der Waals surface area contributed by atoms with Gasteiger partial charge in [0.05, 0.1) is 6.42 Å². The number of rotatable bonds is 3. The highest BCUT2D eigenvalue weighted by Crippen LogP contribution is 2.19. The predicted octanol–water partition coefficient (Wildman–Crippen LogP) is 1.68. The normalized spacial score (nSPS) is 9.82. The van der Waals surface area contributed by atoms with E-state index in [1.54, 1.807) is 14.1 Å². The molecule has 17 heavy (non-hydrogen) atoms. The molecule has 0 aliphatic rings. The van der Waals surface area contributed by atoms with Crippen LogP contribution in [0.15, 0.2) is 18.2 Å². The van der Waals surface area contributed by atoms with Gasteiger partial charge in [-0.05, 0) is 29.9 Å². The summed E-state index contributed by atoms with van der Waals surface area (Å²) in [5.74, 6) is -1.66. The van der Waals surface area contributed by atoms with E-state index in [1.807, 2.05) is 0 Å². The van der Waals surface area contributed by atoms with Crippen LogP contribution in [0.2, 0.25) is 0 Å². The molecule has 6 heteroatoms. The number of carboxylic acids is 1. The van der Waals surface area contributed by atoms with Gasteiger partial charge in [0.1, 0.15) is 0 Å². The van der Waals surface area contributed by atoms with Crippen molar-refractivity contribution in [3.8, 4) is 5.75 Å². The molecule has 0 aliphatic carbocycles. The highest BCUT2D eigenvalue weighted by molar-refractivity contribution is 7.80. The number of aliphatic carboxylic acids is 1. The van der Waals surface area contributed by atoms with Gasteiger partial charge in [-0.1, -0.05) is 6.07 Å². The van der Waals surface area contributed by atoms with Crippen molar-refractivity contribution in [3.05, 3.63) is 29.6 Å². The fourth-order valence-electron chi connectivity index (χ4n) is 1.10. The molecule has 1 aromatic rings. The zero-order valence-electron chi connectivity index (χ0n) is 9.44. The second-order valence-electron chi connectivity index (χ2n) is 3.60. The van der Waals surface area contributed by atoms with Crippen molar-refractivity contribution in [2.24, 2.45) is 0 Å². The molecule has 0 spiro atoms. The smallest absolute Gasteiger partial charge is 0.307 e. The maximum Gasteiger partial charge on any atom is 0.307 e. The van der Waals surface area contributed by atoms with E-state index in [4.69, 9.17) is 22.1 Å². The van der Waals surface area contributed by atoms with Gasteiger partial charge in [-0.3, -0.25) is 4.79 Å². The quantitative estimate of drug-likeness (QED) is 0.835. The number of halogens is 1. The van der Waals surface area contributed by atoms with Gasteiger partial charge in [0.2, 0.25) is 0 Å². The molecule has 0 bridgehead atoms. The summed E-state index contributed by atoms with van der Waals surface area (Å²) in [7, 11) is 3.36. The van der Waals surface area contributed by atoms with Gasteiger partial charge < -0.3 is 14.7 Å². The number of carboxylic acid groups (broad SMARTS) is 1. The van der Waals surface area contributed by atoms with Crippen LogP contribution in [0.1, 0.15) is 5.56 Å². The van der Waals surface area contributed by atoms with Crippen LogP contribution in [0, 0.1) is 5.82 Å². The fraction of sp³-hybridized carbons (Fsp3) is 0.273. The Morgan fingerprint density at radius 2 is 2.18 bits per heavy atom. The van der Waals surface area contributed by atoms with E-state index in [1.165, 1.54) is 17.0 Å².